The van der Waals surface area contributed by atoms with Gasteiger partial charge in [-0.2, -0.15) is 0 Å². The smallest absolute Gasteiger partial charge is 0.306 e. The summed E-state index contributed by atoms with van der Waals surface area (Å²) in [6, 6.07) is 0. The summed E-state index contributed by atoms with van der Waals surface area (Å²) in [5, 5.41) is 0. The molecule has 0 bridgehead atoms. The molecule has 0 N–H and O–H groups in total. The second-order valence-corrected chi connectivity index (χ2v) is 25.5. The molecule has 0 fully saturated rings. The fourth-order valence-electron chi connectivity index (χ4n) is 9.23. The largest absolute Gasteiger partial charge is 0.756 e. The number of carbonyl (C=O) groups excluding carboxylic acids is 2. The number of carbonyl (C=O) groups is 2. The molecule has 0 saturated carbocycles. The van der Waals surface area contributed by atoms with Crippen LogP contribution in [0.1, 0.15) is 271 Å². The van der Waals surface area contributed by atoms with Gasteiger partial charge in [-0.25, -0.2) is 0 Å². The van der Waals surface area contributed by atoms with Crippen molar-refractivity contribution < 1.29 is 42.1 Å². The molecule has 0 heterocycles. The quantitative estimate of drug-likeness (QED) is 0.0195. The van der Waals surface area contributed by atoms with E-state index in [0.717, 1.165) is 135 Å². The molecule has 500 valence electrons. The van der Waals surface area contributed by atoms with E-state index in [0.29, 0.717) is 17.4 Å². The van der Waals surface area contributed by atoms with Gasteiger partial charge in [-0.05, 0) is 122 Å². The van der Waals surface area contributed by atoms with Crippen molar-refractivity contribution in [2.24, 2.45) is 0 Å². The molecule has 0 aliphatic heterocycles. The van der Waals surface area contributed by atoms with Crippen LogP contribution in [-0.2, 0) is 32.7 Å². The number of quaternary nitrogens is 1. The SMILES string of the molecule is CC/C=C\C/C=C\C/C=C\C/C=C\C/C=C\C/C=C\C/C=C\C/C=C\C/C=C\CCCCCCCC(=O)OC(COC(=O)CCCCCCCCCCCCCCCCCCCC/C=C\C/C=C\C/C=C\C/C=C\CC)COP(=O)([O-])OCC[N+](C)(C)C. The van der Waals surface area contributed by atoms with Crippen LogP contribution in [0.15, 0.2) is 158 Å². The fraction of sp³-hybridized carbons (Fsp3) is 0.641. The molecule has 0 aromatic rings. The Kier molecular flexibility index (Phi) is 63.7. The Hall–Kier alpha value is -4.37. The number of allylic oxidation sites excluding steroid dienone is 26. The number of likely N-dealkylation sites (N-methyl/N-ethyl adjacent to an activating group) is 1. The normalized spacial score (nSPS) is 14.1. The topological polar surface area (TPSA) is 111 Å². The van der Waals surface area contributed by atoms with Crippen LogP contribution in [0.25, 0.3) is 0 Å². The van der Waals surface area contributed by atoms with Gasteiger partial charge in [0, 0.05) is 12.8 Å². The molecule has 0 aliphatic carbocycles. The van der Waals surface area contributed by atoms with E-state index in [-0.39, 0.29) is 26.1 Å². The lowest BCUT2D eigenvalue weighted by molar-refractivity contribution is -0.870. The van der Waals surface area contributed by atoms with Crippen LogP contribution >= 0.6 is 7.82 Å². The maximum atomic E-state index is 12.9. The van der Waals surface area contributed by atoms with Crippen molar-refractivity contribution in [2.45, 2.75) is 277 Å². The number of phosphoric acid groups is 1. The Morgan fingerprint density at radius 1 is 0.352 bits per heavy atom. The number of esters is 2. The van der Waals surface area contributed by atoms with Crippen molar-refractivity contribution in [2.75, 3.05) is 47.5 Å². The third-order valence-electron chi connectivity index (χ3n) is 14.5. The zero-order valence-electron chi connectivity index (χ0n) is 56.9. The Morgan fingerprint density at radius 3 is 0.909 bits per heavy atom. The zero-order chi connectivity index (χ0) is 64.1. The van der Waals surface area contributed by atoms with E-state index >= 15 is 0 Å². The predicted octanol–water partition coefficient (Wildman–Crippen LogP) is 22.5. The first-order valence-electron chi connectivity index (χ1n) is 35.2. The molecule has 0 rings (SSSR count). The molecule has 0 aromatic heterocycles. The molecular formula is C78H130NO8P. The average Bonchev–Trinajstić information content (AvgIpc) is 3.56. The number of phosphoric ester groups is 1. The zero-order valence-corrected chi connectivity index (χ0v) is 57.8. The first-order valence-corrected chi connectivity index (χ1v) is 36.7. The summed E-state index contributed by atoms with van der Waals surface area (Å²) in [5.41, 5.74) is 0. The van der Waals surface area contributed by atoms with E-state index in [1.54, 1.807) is 0 Å². The summed E-state index contributed by atoms with van der Waals surface area (Å²) in [6.07, 6.45) is 100. The molecule has 0 radical (unpaired) electrons. The van der Waals surface area contributed by atoms with Gasteiger partial charge in [0.25, 0.3) is 7.82 Å². The predicted molar refractivity (Wildman–Crippen MR) is 378 cm³/mol. The first kappa shape index (κ1) is 83.6. The van der Waals surface area contributed by atoms with Crippen molar-refractivity contribution in [1.29, 1.82) is 0 Å². The summed E-state index contributed by atoms with van der Waals surface area (Å²) in [4.78, 5) is 38.1. The summed E-state index contributed by atoms with van der Waals surface area (Å²) < 4.78 is 34.3. The summed E-state index contributed by atoms with van der Waals surface area (Å²) in [7, 11) is 1.14. The Bertz CT molecular complexity index is 2040. The lowest BCUT2D eigenvalue weighted by Crippen LogP contribution is -2.37. The third kappa shape index (κ3) is 70.7. The summed E-state index contributed by atoms with van der Waals surface area (Å²) in [5.74, 6) is -0.859. The first-order chi connectivity index (χ1) is 43.0. The second kappa shape index (κ2) is 67.0. The molecule has 0 aliphatic rings. The molecule has 0 spiro atoms. The van der Waals surface area contributed by atoms with Gasteiger partial charge in [-0.15, -0.1) is 0 Å². The van der Waals surface area contributed by atoms with Crippen molar-refractivity contribution in [3.8, 4) is 0 Å². The summed E-state index contributed by atoms with van der Waals surface area (Å²) in [6.45, 7) is 3.99. The van der Waals surface area contributed by atoms with Crippen molar-refractivity contribution in [3.05, 3.63) is 158 Å². The second-order valence-electron chi connectivity index (χ2n) is 24.1. The maximum Gasteiger partial charge on any atom is 0.306 e. The van der Waals surface area contributed by atoms with Gasteiger partial charge in [0.05, 0.1) is 27.7 Å². The van der Waals surface area contributed by atoms with Crippen LogP contribution in [-0.4, -0.2) is 70.0 Å². The minimum Gasteiger partial charge on any atom is -0.756 e. The van der Waals surface area contributed by atoms with Gasteiger partial charge < -0.3 is 27.9 Å². The molecule has 10 heteroatoms. The minimum absolute atomic E-state index is 0.0422. The highest BCUT2D eigenvalue weighted by Gasteiger charge is 2.22. The molecule has 2 unspecified atom stereocenters. The molecule has 0 aromatic carbocycles. The maximum absolute atomic E-state index is 12.9. The van der Waals surface area contributed by atoms with Crippen molar-refractivity contribution >= 4 is 19.8 Å². The summed E-state index contributed by atoms with van der Waals surface area (Å²) >= 11 is 0. The molecule has 88 heavy (non-hydrogen) atoms. The average molecular weight is 1240 g/mol. The van der Waals surface area contributed by atoms with Crippen LogP contribution in [0.5, 0.6) is 0 Å². The van der Waals surface area contributed by atoms with E-state index in [1.807, 2.05) is 21.1 Å². The van der Waals surface area contributed by atoms with E-state index in [2.05, 4.69) is 172 Å². The number of nitrogens with zero attached hydrogens (tertiary/aromatic N) is 1. The van der Waals surface area contributed by atoms with Crippen LogP contribution in [0, 0.1) is 0 Å². The van der Waals surface area contributed by atoms with E-state index in [1.165, 1.54) is 103 Å². The standard InChI is InChI=1S/C78H130NO8P/c1-6-8-10-12-14-16-18-20-22-24-26-28-30-32-34-36-38-39-41-43-45-47-49-51-53-55-57-59-61-63-65-67-69-71-78(81)87-76(75-86-88(82,83)85-73-72-79(3,4)5)74-84-77(80)70-68-66-64-62-60-58-56-54-52-50-48-46-44-42-40-37-35-33-31-29-27-25-23-21-19-17-15-13-11-9-7-2/h8-11,14-17,20-23,26-29,32,34,38-39,43,45,49,51,55,57,76H,6-7,12-13,18-19,24-25,30-31,33,35-37,40-42,44,46-48,50,52-54,56,58-75H2,1-5H3/b10-8-,11-9-,16-14-,17-15-,22-20-,23-21-,28-26-,29-27-,34-32-,39-38-,45-43-,51-49-,57-55-. The highest BCUT2D eigenvalue weighted by molar-refractivity contribution is 7.45. The van der Waals surface area contributed by atoms with Crippen LogP contribution in [0.3, 0.4) is 0 Å². The van der Waals surface area contributed by atoms with Gasteiger partial charge in [-0.3, -0.25) is 14.2 Å². The van der Waals surface area contributed by atoms with Gasteiger partial charge in [0.15, 0.2) is 6.10 Å². The van der Waals surface area contributed by atoms with Crippen molar-refractivity contribution in [3.63, 3.8) is 0 Å². The number of ether oxygens (including phenoxy) is 2. The van der Waals surface area contributed by atoms with E-state index in [9.17, 15) is 19.0 Å². The molecule has 0 saturated heterocycles. The Labute approximate surface area is 541 Å². The number of hydrogen-bond acceptors (Lipinski definition) is 8. The van der Waals surface area contributed by atoms with Gasteiger partial charge in [0.2, 0.25) is 0 Å². The molecular weight excluding hydrogens is 1110 g/mol. The minimum atomic E-state index is -4.66. The van der Waals surface area contributed by atoms with E-state index in [4.69, 9.17) is 18.5 Å². The Morgan fingerprint density at radius 2 is 0.614 bits per heavy atom. The number of unbranched alkanes of at least 4 members (excludes halogenated alkanes) is 23. The monoisotopic (exact) mass is 1240 g/mol. The fourth-order valence-corrected chi connectivity index (χ4v) is 9.96. The highest BCUT2D eigenvalue weighted by Crippen LogP contribution is 2.38. The van der Waals surface area contributed by atoms with Gasteiger partial charge in [0.1, 0.15) is 19.8 Å². The van der Waals surface area contributed by atoms with Crippen LogP contribution in [0.2, 0.25) is 0 Å². The van der Waals surface area contributed by atoms with Gasteiger partial charge >= 0.3 is 11.9 Å². The van der Waals surface area contributed by atoms with E-state index < -0.39 is 32.5 Å². The van der Waals surface area contributed by atoms with Gasteiger partial charge in [-0.1, -0.05) is 294 Å². The third-order valence-corrected chi connectivity index (χ3v) is 15.5. The number of hydrogen-bond donors (Lipinski definition) is 0. The van der Waals surface area contributed by atoms with Crippen molar-refractivity contribution in [1.82, 2.24) is 0 Å². The lowest BCUT2D eigenvalue weighted by Gasteiger charge is -2.28. The lowest BCUT2D eigenvalue weighted by atomic mass is 10.0. The van der Waals surface area contributed by atoms with Crippen LogP contribution < -0.4 is 4.89 Å². The highest BCUT2D eigenvalue weighted by atomic mass is 31.2. The molecule has 2 atom stereocenters. The Balaban J connectivity index is 4.13. The molecule has 9 nitrogen and oxygen atoms in total. The van der Waals surface area contributed by atoms with Crippen LogP contribution in [0.4, 0.5) is 0 Å². The molecule has 0 amide bonds. The number of rotatable bonds is 63.